The van der Waals surface area contributed by atoms with Crippen LogP contribution in [0.2, 0.25) is 0 Å². The molecule has 2 aliphatic heterocycles. The van der Waals surface area contributed by atoms with Crippen molar-refractivity contribution in [1.82, 2.24) is 9.80 Å². The van der Waals surface area contributed by atoms with Crippen LogP contribution < -0.4 is 0 Å². The summed E-state index contributed by atoms with van der Waals surface area (Å²) in [5, 5.41) is 8.82. The fourth-order valence-electron chi connectivity index (χ4n) is 3.00. The summed E-state index contributed by atoms with van der Waals surface area (Å²) in [6.07, 6.45) is 1.77. The van der Waals surface area contributed by atoms with Crippen LogP contribution in [0.1, 0.15) is 33.1 Å². The average molecular weight is 284 g/mol. The normalized spacial score (nSPS) is 31.2. The number of carbonyl (C=O) groups excluding carboxylic acids is 1. The third-order valence-corrected chi connectivity index (χ3v) is 4.43. The van der Waals surface area contributed by atoms with Crippen molar-refractivity contribution < 1.29 is 19.4 Å². The largest absolute Gasteiger partial charge is 0.481 e. The molecule has 0 aliphatic carbocycles. The van der Waals surface area contributed by atoms with Crippen molar-refractivity contribution in [2.75, 3.05) is 26.2 Å². The highest BCUT2D eigenvalue weighted by atomic mass is 16.5. The molecule has 1 N–H and O–H groups in total. The van der Waals surface area contributed by atoms with E-state index in [0.717, 1.165) is 19.4 Å². The summed E-state index contributed by atoms with van der Waals surface area (Å²) in [7, 11) is 0. The van der Waals surface area contributed by atoms with Crippen LogP contribution >= 0.6 is 0 Å². The van der Waals surface area contributed by atoms with Crippen molar-refractivity contribution in [1.29, 1.82) is 0 Å². The lowest BCUT2D eigenvalue weighted by molar-refractivity contribution is -0.141. The number of ether oxygens (including phenoxy) is 1. The monoisotopic (exact) mass is 284 g/mol. The van der Waals surface area contributed by atoms with Gasteiger partial charge in [-0.05, 0) is 25.7 Å². The molecule has 114 valence electrons. The van der Waals surface area contributed by atoms with E-state index in [4.69, 9.17) is 9.84 Å². The molecule has 0 saturated carbocycles. The third-order valence-electron chi connectivity index (χ3n) is 4.43. The number of amides is 2. The van der Waals surface area contributed by atoms with Crippen molar-refractivity contribution in [2.24, 2.45) is 5.92 Å². The van der Waals surface area contributed by atoms with Crippen LogP contribution in [0.3, 0.4) is 0 Å². The predicted octanol–water partition coefficient (Wildman–Crippen LogP) is 1.40. The molecule has 0 bridgehead atoms. The van der Waals surface area contributed by atoms with Crippen LogP contribution in [-0.2, 0) is 9.53 Å². The fourth-order valence-corrected chi connectivity index (χ4v) is 3.00. The average Bonchev–Trinajstić information content (AvgIpc) is 2.41. The highest BCUT2D eigenvalue weighted by molar-refractivity contribution is 5.75. The number of likely N-dealkylation sites (tertiary alicyclic amines) is 1. The van der Waals surface area contributed by atoms with Gasteiger partial charge < -0.3 is 19.6 Å². The molecule has 3 unspecified atom stereocenters. The smallest absolute Gasteiger partial charge is 0.320 e. The predicted molar refractivity (Wildman–Crippen MR) is 73.5 cm³/mol. The van der Waals surface area contributed by atoms with Gasteiger partial charge in [-0.1, -0.05) is 6.92 Å². The molecule has 20 heavy (non-hydrogen) atoms. The van der Waals surface area contributed by atoms with Gasteiger partial charge in [0.15, 0.2) is 0 Å². The summed E-state index contributed by atoms with van der Waals surface area (Å²) in [6.45, 7) is 6.41. The Morgan fingerprint density at radius 1 is 1.30 bits per heavy atom. The first-order valence-corrected chi connectivity index (χ1v) is 7.38. The molecule has 0 spiro atoms. The zero-order valence-corrected chi connectivity index (χ0v) is 12.2. The third kappa shape index (κ3) is 3.42. The summed E-state index contributed by atoms with van der Waals surface area (Å²) in [6, 6.07) is 0.278. The number of urea groups is 1. The Hall–Kier alpha value is -1.30. The SMILES string of the molecule is CC1CCCN(C(=O)N2CCOC(CC(=O)O)C2)C1C. The Bertz CT molecular complexity index is 374. The van der Waals surface area contributed by atoms with Gasteiger partial charge in [0.1, 0.15) is 0 Å². The zero-order chi connectivity index (χ0) is 14.7. The quantitative estimate of drug-likeness (QED) is 0.832. The van der Waals surface area contributed by atoms with Crippen molar-refractivity contribution in [3.8, 4) is 0 Å². The minimum Gasteiger partial charge on any atom is -0.481 e. The summed E-state index contributed by atoms with van der Waals surface area (Å²) in [5.74, 6) is -0.368. The molecule has 2 heterocycles. The van der Waals surface area contributed by atoms with Crippen molar-refractivity contribution >= 4 is 12.0 Å². The summed E-state index contributed by atoms with van der Waals surface area (Å²) >= 11 is 0. The lowest BCUT2D eigenvalue weighted by atomic mass is 9.92. The first-order chi connectivity index (χ1) is 9.49. The number of hydrogen-bond donors (Lipinski definition) is 1. The van der Waals surface area contributed by atoms with Gasteiger partial charge in [-0.3, -0.25) is 4.79 Å². The van der Waals surface area contributed by atoms with Crippen LogP contribution in [0, 0.1) is 5.92 Å². The number of hydrogen-bond acceptors (Lipinski definition) is 3. The Balaban J connectivity index is 1.95. The highest BCUT2D eigenvalue weighted by Gasteiger charge is 2.33. The maximum atomic E-state index is 12.6. The van der Waals surface area contributed by atoms with E-state index in [0.29, 0.717) is 25.6 Å². The van der Waals surface area contributed by atoms with Crippen LogP contribution in [0.15, 0.2) is 0 Å². The Labute approximate surface area is 119 Å². The van der Waals surface area contributed by atoms with Gasteiger partial charge in [-0.25, -0.2) is 4.79 Å². The molecule has 0 aromatic heterocycles. The second kappa shape index (κ2) is 6.43. The molecule has 0 radical (unpaired) electrons. The first-order valence-electron chi connectivity index (χ1n) is 7.38. The maximum absolute atomic E-state index is 12.6. The Kier molecular flexibility index (Phi) is 4.86. The molecule has 0 aromatic rings. The van der Waals surface area contributed by atoms with Crippen LogP contribution in [0.5, 0.6) is 0 Å². The van der Waals surface area contributed by atoms with E-state index in [9.17, 15) is 9.59 Å². The molecule has 2 aliphatic rings. The molecule has 2 amide bonds. The minimum absolute atomic E-state index is 0.0303. The van der Waals surface area contributed by atoms with Gasteiger partial charge >= 0.3 is 12.0 Å². The van der Waals surface area contributed by atoms with Gasteiger partial charge in [-0.2, -0.15) is 0 Å². The first kappa shape index (κ1) is 15.1. The molecular formula is C14H24N2O4. The van der Waals surface area contributed by atoms with E-state index in [1.165, 1.54) is 0 Å². The number of nitrogens with zero attached hydrogens (tertiary/aromatic N) is 2. The van der Waals surface area contributed by atoms with E-state index >= 15 is 0 Å². The van der Waals surface area contributed by atoms with Crippen molar-refractivity contribution in [3.05, 3.63) is 0 Å². The van der Waals surface area contributed by atoms with E-state index in [-0.39, 0.29) is 24.6 Å². The molecule has 2 fully saturated rings. The molecule has 2 saturated heterocycles. The second-order valence-corrected chi connectivity index (χ2v) is 5.87. The van der Waals surface area contributed by atoms with Crippen LogP contribution in [-0.4, -0.2) is 65.3 Å². The number of rotatable bonds is 2. The summed E-state index contributed by atoms with van der Waals surface area (Å²) < 4.78 is 5.41. The van der Waals surface area contributed by atoms with Gasteiger partial charge in [-0.15, -0.1) is 0 Å². The molecule has 0 aromatic carbocycles. The molecular weight excluding hydrogens is 260 g/mol. The zero-order valence-electron chi connectivity index (χ0n) is 12.2. The lowest BCUT2D eigenvalue weighted by Gasteiger charge is -2.42. The Morgan fingerprint density at radius 3 is 2.75 bits per heavy atom. The number of carboxylic acid groups (broad SMARTS) is 1. The fraction of sp³-hybridized carbons (Fsp3) is 0.857. The van der Waals surface area contributed by atoms with E-state index in [1.54, 1.807) is 4.90 Å². The van der Waals surface area contributed by atoms with Gasteiger partial charge in [0.25, 0.3) is 0 Å². The maximum Gasteiger partial charge on any atom is 0.320 e. The molecule has 3 atom stereocenters. The number of aliphatic carboxylic acids is 1. The molecule has 2 rings (SSSR count). The molecule has 6 heteroatoms. The molecule has 6 nitrogen and oxygen atoms in total. The number of morpholine rings is 1. The summed E-state index contributed by atoms with van der Waals surface area (Å²) in [5.41, 5.74) is 0. The lowest BCUT2D eigenvalue weighted by Crippen LogP contribution is -2.55. The summed E-state index contributed by atoms with van der Waals surface area (Å²) in [4.78, 5) is 27.0. The van der Waals surface area contributed by atoms with E-state index < -0.39 is 5.97 Å². The Morgan fingerprint density at radius 2 is 2.05 bits per heavy atom. The van der Waals surface area contributed by atoms with Crippen LogP contribution in [0.4, 0.5) is 4.79 Å². The van der Waals surface area contributed by atoms with Gasteiger partial charge in [0, 0.05) is 25.7 Å². The van der Waals surface area contributed by atoms with Crippen LogP contribution in [0.25, 0.3) is 0 Å². The van der Waals surface area contributed by atoms with E-state index in [1.807, 2.05) is 4.90 Å². The van der Waals surface area contributed by atoms with Crippen molar-refractivity contribution in [2.45, 2.75) is 45.3 Å². The minimum atomic E-state index is -0.885. The standard InChI is InChI=1S/C14H24N2O4/c1-10-4-3-5-16(11(10)2)14(19)15-6-7-20-12(9-15)8-13(17)18/h10-12H,3-9H2,1-2H3,(H,17,18). The number of carboxylic acids is 1. The highest BCUT2D eigenvalue weighted by Crippen LogP contribution is 2.24. The van der Waals surface area contributed by atoms with Crippen molar-refractivity contribution in [3.63, 3.8) is 0 Å². The number of carbonyl (C=O) groups is 2. The van der Waals surface area contributed by atoms with Gasteiger partial charge in [0.2, 0.25) is 0 Å². The van der Waals surface area contributed by atoms with E-state index in [2.05, 4.69) is 13.8 Å². The topological polar surface area (TPSA) is 70.1 Å². The van der Waals surface area contributed by atoms with Gasteiger partial charge in [0.05, 0.1) is 19.1 Å². The number of piperidine rings is 1. The second-order valence-electron chi connectivity index (χ2n) is 5.87.